The zero-order chi connectivity index (χ0) is 18.7. The fourth-order valence-corrected chi connectivity index (χ4v) is 2.13. The van der Waals surface area contributed by atoms with Crippen LogP contribution in [0.2, 0.25) is 0 Å². The van der Waals surface area contributed by atoms with Gasteiger partial charge in [-0.25, -0.2) is 0 Å². The molecule has 0 unspecified atom stereocenters. The molecule has 0 aliphatic carbocycles. The molecule has 0 spiro atoms. The van der Waals surface area contributed by atoms with E-state index in [1.807, 2.05) is 45.0 Å². The molecule has 2 aromatic rings. The van der Waals surface area contributed by atoms with Gasteiger partial charge in [-0.05, 0) is 50.2 Å². The molecule has 0 heterocycles. The molecule has 22 heavy (non-hydrogen) atoms. The van der Waals surface area contributed by atoms with Gasteiger partial charge in [0.1, 0.15) is 0 Å². The molecule has 114 valence electrons. The van der Waals surface area contributed by atoms with E-state index in [2.05, 4.69) is 30.0 Å². The minimum Gasteiger partial charge on any atom is -0.298 e. The van der Waals surface area contributed by atoms with Crippen LogP contribution in [0, 0.1) is 17.3 Å². The highest BCUT2D eigenvalue weighted by molar-refractivity contribution is 5.85. The van der Waals surface area contributed by atoms with Gasteiger partial charge in [-0.1, -0.05) is 60.4 Å². The zero-order valence-corrected chi connectivity index (χ0v) is 13.8. The van der Waals surface area contributed by atoms with E-state index in [9.17, 15) is 0 Å². The Balaban J connectivity index is 2.23. The first-order valence-corrected chi connectivity index (χ1v) is 7.49. The minimum atomic E-state index is -1.75. The Bertz CT molecular complexity index is 830. The van der Waals surface area contributed by atoms with Gasteiger partial charge in [0.25, 0.3) is 0 Å². The molecular formula is C21H25N. The van der Waals surface area contributed by atoms with Crippen LogP contribution < -0.4 is 0 Å². The van der Waals surface area contributed by atoms with E-state index in [4.69, 9.17) is 4.11 Å². The van der Waals surface area contributed by atoms with Crippen molar-refractivity contribution in [2.75, 3.05) is 13.5 Å². The van der Waals surface area contributed by atoms with Crippen LogP contribution in [0.4, 0.5) is 0 Å². The largest absolute Gasteiger partial charge is 0.298 e. The van der Waals surface area contributed by atoms with E-state index in [0.29, 0.717) is 6.54 Å². The van der Waals surface area contributed by atoms with Crippen LogP contribution in [0.3, 0.4) is 0 Å². The second kappa shape index (κ2) is 7.29. The monoisotopic (exact) mass is 294 g/mol. The molecule has 2 aromatic carbocycles. The number of hydrogen-bond donors (Lipinski definition) is 0. The van der Waals surface area contributed by atoms with Gasteiger partial charge in [-0.2, -0.15) is 0 Å². The molecule has 0 saturated carbocycles. The second-order valence-electron chi connectivity index (χ2n) is 6.41. The Hall–Kier alpha value is -2.04. The SMILES string of the molecule is [2H]/C(C#CC(C)(C)C)=C\C([2H])([2H])N(C)Cc1cccc2ccccc12. The summed E-state index contributed by atoms with van der Waals surface area (Å²) < 4.78 is 24.5. The zero-order valence-electron chi connectivity index (χ0n) is 16.8. The van der Waals surface area contributed by atoms with Crippen molar-refractivity contribution < 1.29 is 4.11 Å². The molecule has 0 amide bonds. The van der Waals surface area contributed by atoms with E-state index < -0.39 is 6.50 Å². The smallest absolute Gasteiger partial charge is 0.0717 e. The third kappa shape index (κ3) is 5.06. The van der Waals surface area contributed by atoms with Crippen LogP contribution in [0.25, 0.3) is 10.8 Å². The van der Waals surface area contributed by atoms with Gasteiger partial charge in [0, 0.05) is 21.2 Å². The molecule has 0 atom stereocenters. The Morgan fingerprint density at radius 1 is 1.18 bits per heavy atom. The average Bonchev–Trinajstić information content (AvgIpc) is 2.52. The number of rotatable bonds is 4. The summed E-state index contributed by atoms with van der Waals surface area (Å²) in [6, 6.07) is 14.2. The van der Waals surface area contributed by atoms with Crippen LogP contribution >= 0.6 is 0 Å². The molecule has 0 aromatic heterocycles. The normalized spacial score (nSPS) is 15.0. The second-order valence-corrected chi connectivity index (χ2v) is 6.41. The Labute approximate surface area is 138 Å². The molecular weight excluding hydrogens is 266 g/mol. The summed E-state index contributed by atoms with van der Waals surface area (Å²) in [7, 11) is 1.72. The van der Waals surface area contributed by atoms with Crippen molar-refractivity contribution in [3.8, 4) is 11.8 Å². The molecule has 0 radical (unpaired) electrons. The molecule has 0 aliphatic heterocycles. The highest BCUT2D eigenvalue weighted by Crippen LogP contribution is 2.19. The van der Waals surface area contributed by atoms with E-state index in [0.717, 1.165) is 16.3 Å². The maximum atomic E-state index is 8.28. The molecule has 2 rings (SSSR count). The Morgan fingerprint density at radius 3 is 2.68 bits per heavy atom. The summed E-state index contributed by atoms with van der Waals surface area (Å²) in [5, 5.41) is 2.26. The predicted molar refractivity (Wildman–Crippen MR) is 96.7 cm³/mol. The molecule has 0 aliphatic rings. The fraction of sp³-hybridized carbons (Fsp3) is 0.333. The van der Waals surface area contributed by atoms with Gasteiger partial charge in [0.15, 0.2) is 0 Å². The van der Waals surface area contributed by atoms with E-state index >= 15 is 0 Å². The highest BCUT2D eigenvalue weighted by atomic mass is 15.1. The van der Waals surface area contributed by atoms with Crippen molar-refractivity contribution in [2.24, 2.45) is 5.41 Å². The molecule has 1 nitrogen and oxygen atoms in total. The molecule has 1 heteroatoms. The van der Waals surface area contributed by atoms with Gasteiger partial charge in [0.2, 0.25) is 0 Å². The van der Waals surface area contributed by atoms with Crippen LogP contribution in [0.5, 0.6) is 0 Å². The van der Waals surface area contributed by atoms with Crippen molar-refractivity contribution >= 4 is 10.8 Å². The minimum absolute atomic E-state index is 0.00435. The first-order valence-electron chi connectivity index (χ1n) is 8.99. The molecule has 0 fully saturated rings. The average molecular weight is 294 g/mol. The first kappa shape index (κ1) is 12.5. The lowest BCUT2D eigenvalue weighted by Crippen LogP contribution is -2.17. The summed E-state index contributed by atoms with van der Waals surface area (Å²) in [6.07, 6.45) is 1.27. The van der Waals surface area contributed by atoms with Gasteiger partial charge < -0.3 is 0 Å². The number of nitrogens with zero attached hydrogens (tertiary/aromatic N) is 1. The van der Waals surface area contributed by atoms with Gasteiger partial charge >= 0.3 is 0 Å². The lowest BCUT2D eigenvalue weighted by atomic mass is 9.98. The van der Waals surface area contributed by atoms with E-state index in [-0.39, 0.29) is 11.5 Å². The standard InChI is InChI=1S/C21H25N/c1-21(2,3)15-8-5-9-16-22(4)17-19-13-10-12-18-11-6-7-14-20(18)19/h5-7,9-14H,16-17H2,1-4H3/b9-5+/i5D,16D2. The maximum Gasteiger partial charge on any atom is 0.0717 e. The topological polar surface area (TPSA) is 3.24 Å². The number of hydrogen-bond acceptors (Lipinski definition) is 1. The Kier molecular flexibility index (Phi) is 4.14. The van der Waals surface area contributed by atoms with Crippen molar-refractivity contribution in [1.82, 2.24) is 4.90 Å². The number of benzene rings is 2. The molecule has 0 saturated heterocycles. The van der Waals surface area contributed by atoms with Crippen LogP contribution in [-0.2, 0) is 6.54 Å². The predicted octanol–water partition coefficient (Wildman–Crippen LogP) is 4.88. The van der Waals surface area contributed by atoms with Crippen molar-refractivity contribution in [1.29, 1.82) is 0 Å². The van der Waals surface area contributed by atoms with Gasteiger partial charge in [-0.3, -0.25) is 4.90 Å². The van der Waals surface area contributed by atoms with Crippen LogP contribution in [0.1, 0.15) is 30.4 Å². The number of allylic oxidation sites excluding steroid dienone is 1. The highest BCUT2D eigenvalue weighted by Gasteiger charge is 2.03. The maximum absolute atomic E-state index is 8.28. The third-order valence-electron chi connectivity index (χ3n) is 3.15. The lowest BCUT2D eigenvalue weighted by molar-refractivity contribution is 0.365. The van der Waals surface area contributed by atoms with E-state index in [1.165, 1.54) is 6.08 Å². The van der Waals surface area contributed by atoms with Crippen LogP contribution in [0.15, 0.2) is 54.6 Å². The van der Waals surface area contributed by atoms with Crippen molar-refractivity contribution in [3.63, 3.8) is 0 Å². The van der Waals surface area contributed by atoms with E-state index in [1.54, 1.807) is 11.9 Å². The lowest BCUT2D eigenvalue weighted by Gasteiger charge is -2.15. The number of likely N-dealkylation sites (N-methyl/N-ethyl adjacent to an activating group) is 1. The van der Waals surface area contributed by atoms with Crippen molar-refractivity contribution in [2.45, 2.75) is 27.3 Å². The first-order chi connectivity index (χ1) is 11.6. The fourth-order valence-electron chi connectivity index (χ4n) is 2.13. The van der Waals surface area contributed by atoms with Crippen LogP contribution in [-0.4, -0.2) is 18.4 Å². The van der Waals surface area contributed by atoms with Gasteiger partial charge in [-0.15, -0.1) is 0 Å². The Morgan fingerprint density at radius 2 is 1.91 bits per heavy atom. The third-order valence-corrected chi connectivity index (χ3v) is 3.15. The summed E-state index contributed by atoms with van der Waals surface area (Å²) in [5.74, 6) is 5.70. The quantitative estimate of drug-likeness (QED) is 0.727. The van der Waals surface area contributed by atoms with Gasteiger partial charge in [0.05, 0.1) is 1.37 Å². The summed E-state index contributed by atoms with van der Waals surface area (Å²) >= 11 is 0. The molecule has 0 bridgehead atoms. The summed E-state index contributed by atoms with van der Waals surface area (Å²) in [5.41, 5.74) is 0.854. The number of fused-ring (bicyclic) bond motifs is 1. The molecule has 0 N–H and O–H groups in total. The summed E-state index contributed by atoms with van der Waals surface area (Å²) in [4.78, 5) is 1.60. The van der Waals surface area contributed by atoms with Crippen molar-refractivity contribution in [3.05, 3.63) is 60.2 Å². The summed E-state index contributed by atoms with van der Waals surface area (Å²) in [6.45, 7) is 4.60.